The quantitative estimate of drug-likeness (QED) is 0.281. The standard InChI is InChI=1S/C27H34F2O/c1-3-5-6-7-8-19-30-25-18-17-24(26(28)27(25)29)23-15-13-22(14-16-23)21-11-9-20(4-2)10-12-21/h4,13-18,20-21H,2-3,5-12,19H2,1H3. The third-order valence-corrected chi connectivity index (χ3v) is 6.35. The van der Waals surface area contributed by atoms with Gasteiger partial charge in [-0.3, -0.25) is 0 Å². The fourth-order valence-corrected chi connectivity index (χ4v) is 4.38. The van der Waals surface area contributed by atoms with E-state index in [1.54, 1.807) is 12.1 Å². The topological polar surface area (TPSA) is 9.23 Å². The van der Waals surface area contributed by atoms with Crippen molar-refractivity contribution in [3.63, 3.8) is 0 Å². The minimum Gasteiger partial charge on any atom is -0.490 e. The van der Waals surface area contributed by atoms with Crippen LogP contribution in [0.3, 0.4) is 0 Å². The van der Waals surface area contributed by atoms with Gasteiger partial charge in [-0.25, -0.2) is 4.39 Å². The van der Waals surface area contributed by atoms with Crippen LogP contribution in [0.2, 0.25) is 0 Å². The van der Waals surface area contributed by atoms with E-state index in [2.05, 4.69) is 31.7 Å². The molecule has 0 unspecified atom stereocenters. The summed E-state index contributed by atoms with van der Waals surface area (Å²) in [6.07, 6.45) is 12.2. The highest BCUT2D eigenvalue weighted by molar-refractivity contribution is 5.65. The van der Waals surface area contributed by atoms with Crippen LogP contribution < -0.4 is 4.74 Å². The van der Waals surface area contributed by atoms with Crippen molar-refractivity contribution >= 4 is 0 Å². The lowest BCUT2D eigenvalue weighted by atomic mass is 9.78. The Bertz CT molecular complexity index is 804. The van der Waals surface area contributed by atoms with E-state index in [0.717, 1.165) is 32.1 Å². The molecule has 0 spiro atoms. The van der Waals surface area contributed by atoms with Gasteiger partial charge in [0, 0.05) is 5.56 Å². The summed E-state index contributed by atoms with van der Waals surface area (Å²) in [6, 6.07) is 11.1. The van der Waals surface area contributed by atoms with Gasteiger partial charge in [0.15, 0.2) is 11.6 Å². The van der Waals surface area contributed by atoms with E-state index in [-0.39, 0.29) is 11.3 Å². The molecule has 0 heterocycles. The molecule has 2 aromatic carbocycles. The summed E-state index contributed by atoms with van der Waals surface area (Å²) in [7, 11) is 0. The first kappa shape index (κ1) is 22.5. The Morgan fingerprint density at radius 1 is 0.900 bits per heavy atom. The molecule has 0 bridgehead atoms. The highest BCUT2D eigenvalue weighted by Crippen LogP contribution is 2.37. The molecule has 0 saturated heterocycles. The smallest absolute Gasteiger partial charge is 0.201 e. The molecule has 2 aromatic rings. The zero-order valence-corrected chi connectivity index (χ0v) is 18.1. The average Bonchev–Trinajstić information content (AvgIpc) is 2.79. The molecule has 162 valence electrons. The number of hydrogen-bond donors (Lipinski definition) is 0. The molecule has 0 aromatic heterocycles. The van der Waals surface area contributed by atoms with Crippen molar-refractivity contribution in [2.24, 2.45) is 5.92 Å². The van der Waals surface area contributed by atoms with Crippen molar-refractivity contribution in [2.45, 2.75) is 70.6 Å². The molecule has 1 nitrogen and oxygen atoms in total. The maximum Gasteiger partial charge on any atom is 0.201 e. The number of ether oxygens (including phenoxy) is 1. The second kappa shape index (κ2) is 11.3. The van der Waals surface area contributed by atoms with E-state index in [1.165, 1.54) is 31.2 Å². The Balaban J connectivity index is 1.61. The molecule has 0 atom stereocenters. The van der Waals surface area contributed by atoms with Gasteiger partial charge in [-0.2, -0.15) is 4.39 Å². The Morgan fingerprint density at radius 2 is 1.60 bits per heavy atom. The molecule has 3 rings (SSSR count). The van der Waals surface area contributed by atoms with Gasteiger partial charge in [-0.1, -0.05) is 62.9 Å². The van der Waals surface area contributed by atoms with Gasteiger partial charge in [0.25, 0.3) is 0 Å². The summed E-state index contributed by atoms with van der Waals surface area (Å²) < 4.78 is 34.7. The second-order valence-corrected chi connectivity index (χ2v) is 8.47. The monoisotopic (exact) mass is 412 g/mol. The summed E-state index contributed by atoms with van der Waals surface area (Å²) in [5.41, 5.74) is 2.26. The minimum absolute atomic E-state index is 0.00217. The van der Waals surface area contributed by atoms with Crippen molar-refractivity contribution in [2.75, 3.05) is 6.61 Å². The molecule has 1 aliphatic rings. The van der Waals surface area contributed by atoms with E-state index >= 15 is 0 Å². The van der Waals surface area contributed by atoms with Crippen LogP contribution in [-0.2, 0) is 0 Å². The van der Waals surface area contributed by atoms with Gasteiger partial charge < -0.3 is 4.74 Å². The molecule has 3 heteroatoms. The predicted octanol–water partition coefficient (Wildman–Crippen LogP) is 8.44. The van der Waals surface area contributed by atoms with E-state index in [0.29, 0.717) is 24.0 Å². The van der Waals surface area contributed by atoms with Crippen molar-refractivity contribution < 1.29 is 13.5 Å². The first-order valence-corrected chi connectivity index (χ1v) is 11.5. The summed E-state index contributed by atoms with van der Waals surface area (Å²) in [5.74, 6) is -0.549. The molecule has 0 N–H and O–H groups in total. The number of halogens is 2. The molecule has 1 fully saturated rings. The molecule has 1 aliphatic carbocycles. The number of benzene rings is 2. The van der Waals surface area contributed by atoms with Gasteiger partial charge in [0.2, 0.25) is 5.82 Å². The van der Waals surface area contributed by atoms with Gasteiger partial charge in [0.1, 0.15) is 0 Å². The zero-order chi connectivity index (χ0) is 21.3. The minimum atomic E-state index is -0.895. The SMILES string of the molecule is C=CC1CCC(c2ccc(-c3ccc(OCCCCCCC)c(F)c3F)cc2)CC1. The van der Waals surface area contributed by atoms with Crippen LogP contribution in [0.25, 0.3) is 11.1 Å². The van der Waals surface area contributed by atoms with E-state index in [4.69, 9.17) is 4.74 Å². The molecule has 0 aliphatic heterocycles. The third-order valence-electron chi connectivity index (χ3n) is 6.35. The average molecular weight is 413 g/mol. The molecule has 0 amide bonds. The lowest BCUT2D eigenvalue weighted by Gasteiger charge is -2.27. The molecular formula is C27H34F2O. The maximum atomic E-state index is 14.7. The van der Waals surface area contributed by atoms with Crippen molar-refractivity contribution in [1.82, 2.24) is 0 Å². The Hall–Kier alpha value is -2.16. The van der Waals surface area contributed by atoms with Gasteiger partial charge in [-0.05, 0) is 67.2 Å². The first-order valence-electron chi connectivity index (χ1n) is 11.5. The van der Waals surface area contributed by atoms with Crippen LogP contribution in [0.5, 0.6) is 5.75 Å². The van der Waals surface area contributed by atoms with Crippen LogP contribution in [0, 0.1) is 17.6 Å². The number of rotatable bonds is 10. The van der Waals surface area contributed by atoms with Crippen LogP contribution >= 0.6 is 0 Å². The summed E-state index contributed by atoms with van der Waals surface area (Å²) >= 11 is 0. The normalized spacial score (nSPS) is 18.9. The number of allylic oxidation sites excluding steroid dienone is 1. The van der Waals surface area contributed by atoms with E-state index in [1.807, 2.05) is 12.1 Å². The summed E-state index contributed by atoms with van der Waals surface area (Å²) in [4.78, 5) is 0. The van der Waals surface area contributed by atoms with Gasteiger partial charge >= 0.3 is 0 Å². The largest absolute Gasteiger partial charge is 0.490 e. The van der Waals surface area contributed by atoms with Crippen LogP contribution in [0.15, 0.2) is 49.1 Å². The van der Waals surface area contributed by atoms with Crippen LogP contribution in [0.1, 0.15) is 76.2 Å². The van der Waals surface area contributed by atoms with E-state index in [9.17, 15) is 8.78 Å². The highest BCUT2D eigenvalue weighted by Gasteiger charge is 2.21. The first-order chi connectivity index (χ1) is 14.6. The predicted molar refractivity (Wildman–Crippen MR) is 121 cm³/mol. The third kappa shape index (κ3) is 5.71. The zero-order valence-electron chi connectivity index (χ0n) is 18.1. The number of hydrogen-bond acceptors (Lipinski definition) is 1. The van der Waals surface area contributed by atoms with Crippen LogP contribution in [0.4, 0.5) is 8.78 Å². The summed E-state index contributed by atoms with van der Waals surface area (Å²) in [6.45, 7) is 6.49. The summed E-state index contributed by atoms with van der Waals surface area (Å²) in [5, 5.41) is 0. The highest BCUT2D eigenvalue weighted by atomic mass is 19.2. The number of unbranched alkanes of at least 4 members (excludes halogenated alkanes) is 4. The molecule has 0 radical (unpaired) electrons. The van der Waals surface area contributed by atoms with Crippen molar-refractivity contribution in [3.8, 4) is 16.9 Å². The fourth-order valence-electron chi connectivity index (χ4n) is 4.38. The van der Waals surface area contributed by atoms with Gasteiger partial charge in [-0.15, -0.1) is 6.58 Å². The molecule has 30 heavy (non-hydrogen) atoms. The second-order valence-electron chi connectivity index (χ2n) is 8.47. The van der Waals surface area contributed by atoms with E-state index < -0.39 is 11.6 Å². The maximum absolute atomic E-state index is 14.7. The Kier molecular flexibility index (Phi) is 8.48. The fraction of sp³-hybridized carbons (Fsp3) is 0.481. The van der Waals surface area contributed by atoms with Gasteiger partial charge in [0.05, 0.1) is 6.61 Å². The Labute approximate surface area is 180 Å². The molecular weight excluding hydrogens is 378 g/mol. The van der Waals surface area contributed by atoms with Crippen molar-refractivity contribution in [3.05, 3.63) is 66.3 Å². The lowest BCUT2D eigenvalue weighted by Crippen LogP contribution is -2.11. The molecule has 1 saturated carbocycles. The van der Waals surface area contributed by atoms with Crippen molar-refractivity contribution in [1.29, 1.82) is 0 Å². The Morgan fingerprint density at radius 3 is 2.27 bits per heavy atom. The van der Waals surface area contributed by atoms with Crippen LogP contribution in [-0.4, -0.2) is 6.61 Å². The lowest BCUT2D eigenvalue weighted by molar-refractivity contribution is 0.285.